The van der Waals surface area contributed by atoms with Crippen molar-refractivity contribution in [3.8, 4) is 0 Å². The van der Waals surface area contributed by atoms with Crippen molar-refractivity contribution in [2.24, 2.45) is 11.8 Å². The third-order valence-electron chi connectivity index (χ3n) is 4.23. The number of esters is 2. The molecule has 0 aromatic heterocycles. The Balaban J connectivity index is 2.54. The van der Waals surface area contributed by atoms with Crippen LogP contribution in [-0.4, -0.2) is 36.4 Å². The van der Waals surface area contributed by atoms with Gasteiger partial charge >= 0.3 is 11.9 Å². The van der Waals surface area contributed by atoms with Gasteiger partial charge in [0.25, 0.3) is 0 Å². The van der Waals surface area contributed by atoms with Gasteiger partial charge in [-0.15, -0.1) is 0 Å². The van der Waals surface area contributed by atoms with Gasteiger partial charge in [-0.3, -0.25) is 9.59 Å². The molecule has 1 aromatic carbocycles. The molecule has 0 spiro atoms. The van der Waals surface area contributed by atoms with E-state index in [1.54, 1.807) is 27.7 Å². The first-order valence-electron chi connectivity index (χ1n) is 10.2. The van der Waals surface area contributed by atoms with E-state index in [1.807, 2.05) is 63.3 Å². The molecule has 0 N–H and O–H groups in total. The summed E-state index contributed by atoms with van der Waals surface area (Å²) < 4.78 is 16.8. The molecule has 0 unspecified atom stereocenters. The molecule has 0 saturated heterocycles. The standard InChI is InChI=1S/C24H36O5/c1-17(2)22(19(4)27-15-11-14-20-12-9-8-10-13-20)28-23(26)18(3)16-21(25)29-24(5,6)7/h8-14,17-19,22H,15-16H2,1-7H3/b14-11+/t18-,19+,22-/m1/s1. The SMILES string of the molecule is CC(C)[C@@H](OC(=O)[C@H](C)CC(=O)OC(C)(C)C)[C@H](C)OC/C=C/c1ccccc1. The number of hydrogen-bond donors (Lipinski definition) is 0. The number of carbonyl (C=O) groups is 2. The van der Waals surface area contributed by atoms with Gasteiger partial charge in [-0.25, -0.2) is 0 Å². The molecular formula is C24H36O5. The quantitative estimate of drug-likeness (QED) is 0.511. The van der Waals surface area contributed by atoms with Crippen LogP contribution >= 0.6 is 0 Å². The molecule has 3 atom stereocenters. The van der Waals surface area contributed by atoms with Crippen LogP contribution < -0.4 is 0 Å². The van der Waals surface area contributed by atoms with Crippen molar-refractivity contribution in [3.63, 3.8) is 0 Å². The first-order chi connectivity index (χ1) is 13.5. The van der Waals surface area contributed by atoms with Crippen molar-refractivity contribution in [3.05, 3.63) is 42.0 Å². The summed E-state index contributed by atoms with van der Waals surface area (Å²) in [6.07, 6.45) is 3.26. The Hall–Kier alpha value is -2.14. The lowest BCUT2D eigenvalue weighted by Gasteiger charge is -2.28. The van der Waals surface area contributed by atoms with Crippen molar-refractivity contribution in [2.45, 2.75) is 72.7 Å². The van der Waals surface area contributed by atoms with Crippen molar-refractivity contribution in [1.82, 2.24) is 0 Å². The second-order valence-corrected chi connectivity index (χ2v) is 8.69. The van der Waals surface area contributed by atoms with Crippen LogP contribution in [0.15, 0.2) is 36.4 Å². The second kappa shape index (κ2) is 11.8. The predicted octanol–water partition coefficient (Wildman–Crippen LogP) is 5.04. The summed E-state index contributed by atoms with van der Waals surface area (Å²) in [4.78, 5) is 24.4. The fourth-order valence-corrected chi connectivity index (χ4v) is 2.79. The Bertz CT molecular complexity index is 658. The monoisotopic (exact) mass is 404 g/mol. The lowest BCUT2D eigenvalue weighted by molar-refractivity contribution is -0.169. The Morgan fingerprint density at radius 1 is 1.03 bits per heavy atom. The fourth-order valence-electron chi connectivity index (χ4n) is 2.79. The topological polar surface area (TPSA) is 61.8 Å². The lowest BCUT2D eigenvalue weighted by Crippen LogP contribution is -2.37. The van der Waals surface area contributed by atoms with Crippen LogP contribution in [0.4, 0.5) is 0 Å². The highest BCUT2D eigenvalue weighted by atomic mass is 16.6. The third kappa shape index (κ3) is 10.3. The molecule has 0 aliphatic heterocycles. The molecule has 5 heteroatoms. The maximum atomic E-state index is 12.5. The maximum absolute atomic E-state index is 12.5. The number of benzene rings is 1. The molecule has 0 amide bonds. The highest BCUT2D eigenvalue weighted by Crippen LogP contribution is 2.19. The highest BCUT2D eigenvalue weighted by Gasteiger charge is 2.29. The van der Waals surface area contributed by atoms with Gasteiger partial charge < -0.3 is 14.2 Å². The van der Waals surface area contributed by atoms with Gasteiger partial charge in [0.1, 0.15) is 11.7 Å². The summed E-state index contributed by atoms with van der Waals surface area (Å²) in [6, 6.07) is 9.97. The van der Waals surface area contributed by atoms with Crippen LogP contribution in [-0.2, 0) is 23.8 Å². The Labute approximate surface area is 175 Å². The average Bonchev–Trinajstić information content (AvgIpc) is 2.61. The Morgan fingerprint density at radius 3 is 2.21 bits per heavy atom. The molecule has 162 valence electrons. The third-order valence-corrected chi connectivity index (χ3v) is 4.23. The number of carbonyl (C=O) groups excluding carboxylic acids is 2. The van der Waals surface area contributed by atoms with Gasteiger partial charge in [0.2, 0.25) is 0 Å². The van der Waals surface area contributed by atoms with E-state index in [0.29, 0.717) is 6.61 Å². The van der Waals surface area contributed by atoms with Gasteiger partial charge in [0.05, 0.1) is 25.0 Å². The van der Waals surface area contributed by atoms with E-state index in [1.165, 1.54) is 0 Å². The molecule has 0 bridgehead atoms. The summed E-state index contributed by atoms with van der Waals surface area (Å²) in [5.74, 6) is -1.31. The van der Waals surface area contributed by atoms with E-state index in [9.17, 15) is 9.59 Å². The van der Waals surface area contributed by atoms with E-state index in [-0.39, 0.29) is 18.4 Å². The van der Waals surface area contributed by atoms with Crippen LogP contribution in [0.25, 0.3) is 6.08 Å². The lowest BCUT2D eigenvalue weighted by atomic mass is 10.0. The number of hydrogen-bond acceptors (Lipinski definition) is 5. The molecule has 0 heterocycles. The van der Waals surface area contributed by atoms with Crippen LogP contribution in [0.1, 0.15) is 60.5 Å². The molecule has 5 nitrogen and oxygen atoms in total. The van der Waals surface area contributed by atoms with E-state index >= 15 is 0 Å². The molecular weight excluding hydrogens is 368 g/mol. The van der Waals surface area contributed by atoms with Crippen molar-refractivity contribution in [2.75, 3.05) is 6.61 Å². The number of rotatable bonds is 10. The van der Waals surface area contributed by atoms with Crippen LogP contribution in [0.3, 0.4) is 0 Å². The van der Waals surface area contributed by atoms with E-state index in [0.717, 1.165) is 5.56 Å². The maximum Gasteiger partial charge on any atom is 0.309 e. The molecule has 0 saturated carbocycles. The summed E-state index contributed by atoms with van der Waals surface area (Å²) in [7, 11) is 0. The normalized spacial score (nSPS) is 15.2. The number of ether oxygens (including phenoxy) is 3. The molecule has 1 aromatic rings. The van der Waals surface area contributed by atoms with Crippen LogP contribution in [0.2, 0.25) is 0 Å². The average molecular weight is 405 g/mol. The largest absolute Gasteiger partial charge is 0.460 e. The molecule has 0 radical (unpaired) electrons. The first-order valence-corrected chi connectivity index (χ1v) is 10.2. The van der Waals surface area contributed by atoms with Gasteiger partial charge in [-0.1, -0.05) is 63.3 Å². The summed E-state index contributed by atoms with van der Waals surface area (Å²) in [5.41, 5.74) is 0.531. The van der Waals surface area contributed by atoms with E-state index in [4.69, 9.17) is 14.2 Å². The van der Waals surface area contributed by atoms with Crippen molar-refractivity contribution in [1.29, 1.82) is 0 Å². The summed E-state index contributed by atoms with van der Waals surface area (Å²) in [5, 5.41) is 0. The zero-order valence-electron chi connectivity index (χ0n) is 18.8. The van der Waals surface area contributed by atoms with Gasteiger partial charge in [-0.05, 0) is 39.2 Å². The zero-order chi connectivity index (χ0) is 22.0. The van der Waals surface area contributed by atoms with Crippen LogP contribution in [0.5, 0.6) is 0 Å². The molecule has 0 fully saturated rings. The smallest absolute Gasteiger partial charge is 0.309 e. The molecule has 1 rings (SSSR count). The Kier molecular flexibility index (Phi) is 10.1. The molecule has 29 heavy (non-hydrogen) atoms. The fraction of sp³-hybridized carbons (Fsp3) is 0.583. The predicted molar refractivity (Wildman–Crippen MR) is 115 cm³/mol. The summed E-state index contributed by atoms with van der Waals surface area (Å²) >= 11 is 0. The van der Waals surface area contributed by atoms with Crippen molar-refractivity contribution < 1.29 is 23.8 Å². The van der Waals surface area contributed by atoms with Crippen LogP contribution in [0, 0.1) is 11.8 Å². The second-order valence-electron chi connectivity index (χ2n) is 8.69. The molecule has 0 aliphatic carbocycles. The minimum absolute atomic E-state index is 0.00400. The zero-order valence-corrected chi connectivity index (χ0v) is 18.8. The van der Waals surface area contributed by atoms with Crippen molar-refractivity contribution >= 4 is 18.0 Å². The minimum Gasteiger partial charge on any atom is -0.460 e. The Morgan fingerprint density at radius 2 is 1.66 bits per heavy atom. The minimum atomic E-state index is -0.573. The summed E-state index contributed by atoms with van der Waals surface area (Å²) in [6.45, 7) is 13.4. The van der Waals surface area contributed by atoms with Gasteiger partial charge in [-0.2, -0.15) is 0 Å². The molecule has 0 aliphatic rings. The van der Waals surface area contributed by atoms with E-state index < -0.39 is 29.6 Å². The van der Waals surface area contributed by atoms with E-state index in [2.05, 4.69) is 0 Å². The van der Waals surface area contributed by atoms with Gasteiger partial charge in [0.15, 0.2) is 0 Å². The highest BCUT2D eigenvalue weighted by molar-refractivity contribution is 5.79. The first kappa shape index (κ1) is 24.9. The van der Waals surface area contributed by atoms with Gasteiger partial charge in [0, 0.05) is 0 Å².